The number of rotatable bonds is 6. The molecule has 0 unspecified atom stereocenters. The van der Waals surface area contributed by atoms with Crippen LogP contribution in [0.4, 0.5) is 0 Å². The number of nitrogens with zero attached hydrogens (tertiary/aromatic N) is 4. The summed E-state index contributed by atoms with van der Waals surface area (Å²) in [4.78, 5) is 22.7. The second kappa shape index (κ2) is 10.9. The van der Waals surface area contributed by atoms with Gasteiger partial charge in [-0.05, 0) is 44.3 Å². The van der Waals surface area contributed by atoms with Gasteiger partial charge in [-0.1, -0.05) is 12.1 Å². The van der Waals surface area contributed by atoms with Crippen molar-refractivity contribution >= 4 is 11.9 Å². The number of carbonyl (C=O) groups is 1. The molecule has 0 aliphatic carbocycles. The number of carbonyl (C=O) groups excluding carboxylic acids is 1. The molecule has 1 saturated heterocycles. The Kier molecular flexibility index (Phi) is 8.54. The zero-order valence-corrected chi connectivity index (χ0v) is 17.2. The molecule has 150 valence electrons. The lowest BCUT2D eigenvalue weighted by Crippen LogP contribution is -2.42. The predicted molar refractivity (Wildman–Crippen MR) is 111 cm³/mol. The van der Waals surface area contributed by atoms with Crippen LogP contribution in [-0.2, 0) is 6.54 Å². The average Bonchev–Trinajstić information content (AvgIpc) is 2.88. The summed E-state index contributed by atoms with van der Waals surface area (Å²) < 4.78 is 0. The Labute approximate surface area is 163 Å². The van der Waals surface area contributed by atoms with Crippen molar-refractivity contribution in [2.75, 3.05) is 67.5 Å². The summed E-state index contributed by atoms with van der Waals surface area (Å²) in [7, 11) is 7.50. The van der Waals surface area contributed by atoms with Crippen molar-refractivity contribution < 1.29 is 4.79 Å². The van der Waals surface area contributed by atoms with Crippen molar-refractivity contribution in [3.8, 4) is 0 Å². The fourth-order valence-electron chi connectivity index (χ4n) is 3.09. The first kappa shape index (κ1) is 21.2. The summed E-state index contributed by atoms with van der Waals surface area (Å²) >= 11 is 0. The molecule has 1 aromatic rings. The van der Waals surface area contributed by atoms with Crippen LogP contribution in [0.1, 0.15) is 22.3 Å². The van der Waals surface area contributed by atoms with Crippen LogP contribution < -0.4 is 10.6 Å². The molecule has 1 aliphatic rings. The molecule has 1 fully saturated rings. The number of nitrogens with one attached hydrogen (secondary N) is 2. The molecule has 0 atom stereocenters. The van der Waals surface area contributed by atoms with Crippen LogP contribution in [0.5, 0.6) is 0 Å². The van der Waals surface area contributed by atoms with E-state index >= 15 is 0 Å². The number of amides is 1. The van der Waals surface area contributed by atoms with E-state index in [9.17, 15) is 4.79 Å². The van der Waals surface area contributed by atoms with Crippen molar-refractivity contribution in [3.05, 3.63) is 35.4 Å². The van der Waals surface area contributed by atoms with Crippen molar-refractivity contribution in [1.82, 2.24) is 25.3 Å². The minimum atomic E-state index is 0.0201. The lowest BCUT2D eigenvalue weighted by atomic mass is 10.1. The first-order valence-electron chi connectivity index (χ1n) is 9.65. The highest BCUT2D eigenvalue weighted by Crippen LogP contribution is 2.06. The van der Waals surface area contributed by atoms with Crippen LogP contribution in [0.15, 0.2) is 29.3 Å². The van der Waals surface area contributed by atoms with Gasteiger partial charge in [-0.15, -0.1) is 0 Å². The molecule has 7 heteroatoms. The topological polar surface area (TPSA) is 63.2 Å². The van der Waals surface area contributed by atoms with Crippen LogP contribution in [0.2, 0.25) is 0 Å². The Hall–Kier alpha value is -2.12. The minimum Gasteiger partial charge on any atom is -0.355 e. The van der Waals surface area contributed by atoms with Crippen molar-refractivity contribution in [2.45, 2.75) is 13.0 Å². The Morgan fingerprint density at radius 1 is 1.11 bits per heavy atom. The Bertz CT molecular complexity index is 613. The van der Waals surface area contributed by atoms with E-state index in [1.807, 2.05) is 24.3 Å². The molecule has 1 heterocycles. The van der Waals surface area contributed by atoms with Gasteiger partial charge in [-0.25, -0.2) is 0 Å². The van der Waals surface area contributed by atoms with Gasteiger partial charge >= 0.3 is 0 Å². The lowest BCUT2D eigenvalue weighted by Gasteiger charge is -2.21. The average molecular weight is 375 g/mol. The number of hydrogen-bond donors (Lipinski definition) is 2. The maximum absolute atomic E-state index is 11.9. The Balaban J connectivity index is 1.73. The molecule has 1 aliphatic heterocycles. The smallest absolute Gasteiger partial charge is 0.253 e. The van der Waals surface area contributed by atoms with Gasteiger partial charge in [-0.3, -0.25) is 9.79 Å². The molecular formula is C20H34N6O. The number of aliphatic imine (C=N–C) groups is 1. The van der Waals surface area contributed by atoms with Crippen LogP contribution in [-0.4, -0.2) is 94.0 Å². The molecule has 1 amide bonds. The quantitative estimate of drug-likeness (QED) is 0.567. The largest absolute Gasteiger partial charge is 0.355 e. The molecule has 2 N–H and O–H groups in total. The molecule has 0 radical (unpaired) electrons. The predicted octanol–water partition coefficient (Wildman–Crippen LogP) is 0.691. The molecule has 2 rings (SSSR count). The summed E-state index contributed by atoms with van der Waals surface area (Å²) in [5.74, 6) is 0.821. The van der Waals surface area contributed by atoms with E-state index in [1.54, 1.807) is 26.0 Å². The van der Waals surface area contributed by atoms with Gasteiger partial charge < -0.3 is 25.3 Å². The van der Waals surface area contributed by atoms with Gasteiger partial charge in [0.25, 0.3) is 5.91 Å². The summed E-state index contributed by atoms with van der Waals surface area (Å²) in [5, 5.41) is 6.72. The summed E-state index contributed by atoms with van der Waals surface area (Å²) in [6.07, 6.45) is 1.23. The molecular weight excluding hydrogens is 340 g/mol. The van der Waals surface area contributed by atoms with Gasteiger partial charge in [-0.2, -0.15) is 0 Å². The molecule has 0 spiro atoms. The van der Waals surface area contributed by atoms with E-state index in [4.69, 9.17) is 0 Å². The van der Waals surface area contributed by atoms with Gasteiger partial charge in [0.05, 0.1) is 0 Å². The third-order valence-electron chi connectivity index (χ3n) is 4.82. The fourth-order valence-corrected chi connectivity index (χ4v) is 3.09. The highest BCUT2D eigenvalue weighted by atomic mass is 16.2. The van der Waals surface area contributed by atoms with Gasteiger partial charge in [0, 0.05) is 59.4 Å². The number of benzene rings is 1. The highest BCUT2D eigenvalue weighted by Gasteiger charge is 2.11. The monoisotopic (exact) mass is 374 g/mol. The second-order valence-electron chi connectivity index (χ2n) is 7.25. The fraction of sp³-hybridized carbons (Fsp3) is 0.600. The first-order chi connectivity index (χ1) is 13.0. The molecule has 0 bridgehead atoms. The SMILES string of the molecule is CN=C(NCCN1CCCN(C)CC1)NCc1ccc(C(=O)N(C)C)cc1. The maximum Gasteiger partial charge on any atom is 0.253 e. The molecule has 0 aromatic heterocycles. The van der Waals surface area contributed by atoms with Crippen LogP contribution in [0, 0.1) is 0 Å². The second-order valence-corrected chi connectivity index (χ2v) is 7.25. The molecule has 0 saturated carbocycles. The lowest BCUT2D eigenvalue weighted by molar-refractivity contribution is 0.0827. The van der Waals surface area contributed by atoms with Crippen LogP contribution in [0.3, 0.4) is 0 Å². The van der Waals surface area contributed by atoms with E-state index in [2.05, 4.69) is 32.5 Å². The molecule has 27 heavy (non-hydrogen) atoms. The summed E-state index contributed by atoms with van der Waals surface area (Å²) in [5.41, 5.74) is 1.82. The number of likely N-dealkylation sites (N-methyl/N-ethyl adjacent to an activating group) is 1. The zero-order valence-electron chi connectivity index (χ0n) is 17.2. The van der Waals surface area contributed by atoms with Crippen molar-refractivity contribution in [3.63, 3.8) is 0 Å². The number of hydrogen-bond acceptors (Lipinski definition) is 4. The van der Waals surface area contributed by atoms with Crippen LogP contribution >= 0.6 is 0 Å². The van der Waals surface area contributed by atoms with E-state index < -0.39 is 0 Å². The van der Waals surface area contributed by atoms with Gasteiger partial charge in [0.2, 0.25) is 0 Å². The van der Waals surface area contributed by atoms with E-state index in [0.717, 1.165) is 44.2 Å². The Morgan fingerprint density at radius 2 is 1.85 bits per heavy atom. The zero-order chi connectivity index (χ0) is 19.6. The Morgan fingerprint density at radius 3 is 2.52 bits per heavy atom. The van der Waals surface area contributed by atoms with E-state index in [-0.39, 0.29) is 5.91 Å². The molecule has 7 nitrogen and oxygen atoms in total. The van der Waals surface area contributed by atoms with Crippen molar-refractivity contribution in [2.24, 2.45) is 4.99 Å². The van der Waals surface area contributed by atoms with E-state index in [0.29, 0.717) is 12.1 Å². The first-order valence-corrected chi connectivity index (χ1v) is 9.65. The maximum atomic E-state index is 11.9. The summed E-state index contributed by atoms with van der Waals surface area (Å²) in [6.45, 7) is 7.18. The molecule has 1 aromatic carbocycles. The minimum absolute atomic E-state index is 0.0201. The van der Waals surface area contributed by atoms with Gasteiger partial charge in [0.15, 0.2) is 5.96 Å². The highest BCUT2D eigenvalue weighted by molar-refractivity contribution is 5.93. The van der Waals surface area contributed by atoms with Gasteiger partial charge in [0.1, 0.15) is 0 Å². The normalized spacial score (nSPS) is 16.7. The van der Waals surface area contributed by atoms with E-state index in [1.165, 1.54) is 13.0 Å². The summed E-state index contributed by atoms with van der Waals surface area (Å²) in [6, 6.07) is 7.69. The van der Waals surface area contributed by atoms with Crippen molar-refractivity contribution in [1.29, 1.82) is 0 Å². The number of guanidine groups is 1. The third kappa shape index (κ3) is 7.19. The standard InChI is InChI=1S/C20H34N6O/c1-21-20(22-10-13-26-12-5-11-25(4)14-15-26)23-16-17-6-8-18(9-7-17)19(27)24(2)3/h6-9H,5,10-16H2,1-4H3,(H2,21,22,23). The van der Waals surface area contributed by atoms with Crippen LogP contribution in [0.25, 0.3) is 0 Å². The third-order valence-corrected chi connectivity index (χ3v) is 4.82.